The molecule has 17 heteroatoms. The highest BCUT2D eigenvalue weighted by atomic mass is 35.6. The van der Waals surface area contributed by atoms with Gasteiger partial charge in [-0.15, -0.1) is 0 Å². The Labute approximate surface area is 350 Å². The maximum absolute atomic E-state index is 12.8. The van der Waals surface area contributed by atoms with Crippen molar-refractivity contribution in [2.24, 2.45) is 0 Å². The third-order valence-corrected chi connectivity index (χ3v) is 10.4. The molecule has 2 atom stereocenters. The summed E-state index contributed by atoms with van der Waals surface area (Å²) in [4.78, 5) is 73.2. The van der Waals surface area contributed by atoms with Crippen LogP contribution in [0.4, 0.5) is 4.79 Å². The van der Waals surface area contributed by atoms with Crippen LogP contribution in [0.25, 0.3) is 0 Å². The van der Waals surface area contributed by atoms with Gasteiger partial charge in [0.1, 0.15) is 19.3 Å². The van der Waals surface area contributed by atoms with Crippen molar-refractivity contribution in [1.82, 2.24) is 4.83 Å². The van der Waals surface area contributed by atoms with Gasteiger partial charge < -0.3 is 28.7 Å². The molecule has 0 saturated heterocycles. The molecule has 0 saturated carbocycles. The predicted octanol–water partition coefficient (Wildman–Crippen LogP) is 11.2. The summed E-state index contributed by atoms with van der Waals surface area (Å²) in [6.45, 7) is 6.36. The Morgan fingerprint density at radius 3 is 1.52 bits per heavy atom. The van der Waals surface area contributed by atoms with Crippen LogP contribution < -0.4 is 0 Å². The van der Waals surface area contributed by atoms with Gasteiger partial charge in [0.15, 0.2) is 6.10 Å². The van der Waals surface area contributed by atoms with Crippen LogP contribution in [0.15, 0.2) is 12.7 Å². The number of hydrogen-bond acceptors (Lipinski definition) is 10. The minimum absolute atomic E-state index is 0.0354. The summed E-state index contributed by atoms with van der Waals surface area (Å²) in [5.74, 6) is -1.53. The largest absolute Gasteiger partial charge is 0.463 e. The first kappa shape index (κ1) is 54.4. The van der Waals surface area contributed by atoms with Crippen LogP contribution in [0.2, 0.25) is 0 Å². The van der Waals surface area contributed by atoms with E-state index in [1.807, 2.05) is 0 Å². The van der Waals surface area contributed by atoms with Gasteiger partial charge in [0, 0.05) is 18.9 Å². The number of rotatable bonds is 36. The molecule has 56 heavy (non-hydrogen) atoms. The molecule has 13 nitrogen and oxygen atoms in total. The molecule has 0 rings (SSSR count). The fraction of sp³-hybridized carbons (Fsp3) is 0.846. The van der Waals surface area contributed by atoms with Gasteiger partial charge in [-0.2, -0.15) is 0 Å². The number of hydrogen-bond donors (Lipinski definition) is 2. The Morgan fingerprint density at radius 1 is 0.661 bits per heavy atom. The average Bonchev–Trinajstić information content (AvgIpc) is 3.13. The lowest BCUT2D eigenvalue weighted by atomic mass is 10.0. The fourth-order valence-electron chi connectivity index (χ4n) is 5.66. The van der Waals surface area contributed by atoms with Crippen molar-refractivity contribution in [3.05, 3.63) is 12.7 Å². The second-order valence-corrected chi connectivity index (χ2v) is 17.8. The van der Waals surface area contributed by atoms with Crippen molar-refractivity contribution < 1.29 is 57.3 Å². The number of esters is 3. The molecule has 0 aliphatic heterocycles. The van der Waals surface area contributed by atoms with Crippen molar-refractivity contribution in [3.63, 3.8) is 0 Å². The zero-order chi connectivity index (χ0) is 42.1. The number of alkyl halides is 3. The number of ether oxygens (including phenoxy) is 4. The third-order valence-electron chi connectivity index (χ3n) is 8.90. The first-order chi connectivity index (χ1) is 26.6. The molecule has 0 heterocycles. The maximum atomic E-state index is 12.8. The normalized spacial score (nSPS) is 12.8. The maximum Gasteiger partial charge on any atom is 0.459 e. The summed E-state index contributed by atoms with van der Waals surface area (Å²) in [6, 6.07) is 0. The van der Waals surface area contributed by atoms with E-state index >= 15 is 0 Å². The monoisotopic (exact) mass is 879 g/mol. The molecule has 0 fully saturated rings. The Morgan fingerprint density at radius 2 is 1.09 bits per heavy atom. The Bertz CT molecular complexity index is 1120. The fourth-order valence-corrected chi connectivity index (χ4v) is 6.75. The molecule has 0 aromatic heterocycles. The zero-order valence-electron chi connectivity index (χ0n) is 33.7. The summed E-state index contributed by atoms with van der Waals surface area (Å²) >= 11 is 17.5. The molecule has 0 aromatic rings. The Balaban J connectivity index is 4.82. The minimum Gasteiger partial charge on any atom is -0.463 e. The molecule has 0 bridgehead atoms. The van der Waals surface area contributed by atoms with Gasteiger partial charge in [-0.05, 0) is 25.7 Å². The molecule has 1 unspecified atom stereocenters. The van der Waals surface area contributed by atoms with Crippen LogP contribution in [-0.2, 0) is 42.7 Å². The highest BCUT2D eigenvalue weighted by molar-refractivity contribution is 7.49. The van der Waals surface area contributed by atoms with Crippen LogP contribution in [0.3, 0.4) is 0 Å². The average molecular weight is 881 g/mol. The standard InChI is InChI=1S/C39H69Cl3NO12P/c1-4-7-8-9-10-11-12-13-14-16-19-22-25-28-36(45)52-31-33(32-53-38(47)43(56(48,49)50)55-34(5-2)39(40,41)42)54-37(46)29-26-23-20-17-15-18-21-24-27-30-51-35(44)6-3/h6,33-34H,3-5,7-32H2,1-2H3,(H2,48,49,50)/t33-,34?/m1/s1. The molecule has 0 spiro atoms. The highest BCUT2D eigenvalue weighted by Crippen LogP contribution is 2.44. The van der Waals surface area contributed by atoms with Crippen LogP contribution in [0, 0.1) is 0 Å². The SMILES string of the molecule is C=CC(=O)OCCCCCCCCCCCC(=O)O[C@H](COC(=O)CCCCCCCCCCCCCCC)COC(=O)N(OC(CC)C(Cl)(Cl)Cl)P(=O)(O)O. The van der Waals surface area contributed by atoms with E-state index in [1.165, 1.54) is 64.7 Å². The molecule has 0 aromatic carbocycles. The molecular weight excluding hydrogens is 812 g/mol. The molecular formula is C39H69Cl3NO12P. The second kappa shape index (κ2) is 34.3. The van der Waals surface area contributed by atoms with Crippen molar-refractivity contribution in [3.8, 4) is 0 Å². The van der Waals surface area contributed by atoms with Crippen LogP contribution in [-0.4, -0.2) is 74.4 Å². The van der Waals surface area contributed by atoms with Gasteiger partial charge in [0.25, 0.3) is 0 Å². The summed E-state index contributed by atoms with van der Waals surface area (Å²) in [5, 5.41) is 0. The zero-order valence-corrected chi connectivity index (χ0v) is 36.9. The number of nitrogens with zero attached hydrogens (tertiary/aromatic N) is 1. The van der Waals surface area contributed by atoms with Gasteiger partial charge >= 0.3 is 31.7 Å². The smallest absolute Gasteiger partial charge is 0.459 e. The molecule has 0 aliphatic rings. The molecule has 1 amide bonds. The first-order valence-electron chi connectivity index (χ1n) is 20.6. The van der Waals surface area contributed by atoms with Crippen molar-refractivity contribution in [2.45, 2.75) is 190 Å². The molecule has 328 valence electrons. The number of carbonyl (C=O) groups excluding carboxylic acids is 4. The van der Waals surface area contributed by atoms with Crippen LogP contribution in [0.1, 0.15) is 174 Å². The lowest BCUT2D eigenvalue weighted by molar-refractivity contribution is -0.164. The van der Waals surface area contributed by atoms with E-state index in [-0.39, 0.29) is 24.1 Å². The molecule has 0 radical (unpaired) electrons. The van der Waals surface area contributed by atoms with Gasteiger partial charge in [-0.25, -0.2) is 14.2 Å². The minimum atomic E-state index is -5.41. The number of amides is 1. The van der Waals surface area contributed by atoms with Gasteiger partial charge in [0.2, 0.25) is 3.79 Å². The number of halogens is 3. The van der Waals surface area contributed by atoms with Gasteiger partial charge in [0.05, 0.1) is 6.61 Å². The van der Waals surface area contributed by atoms with E-state index in [0.717, 1.165) is 76.7 Å². The van der Waals surface area contributed by atoms with E-state index in [4.69, 9.17) is 58.6 Å². The Kier molecular flexibility index (Phi) is 33.3. The van der Waals surface area contributed by atoms with E-state index in [1.54, 1.807) is 0 Å². The number of hydroxylamine groups is 1. The van der Waals surface area contributed by atoms with Gasteiger partial charge in [-0.1, -0.05) is 182 Å². The third kappa shape index (κ3) is 31.4. The summed E-state index contributed by atoms with van der Waals surface area (Å²) in [6.07, 6.45) is 20.4. The lowest BCUT2D eigenvalue weighted by Gasteiger charge is -2.29. The van der Waals surface area contributed by atoms with Crippen molar-refractivity contribution in [1.29, 1.82) is 0 Å². The van der Waals surface area contributed by atoms with E-state index in [0.29, 0.717) is 19.4 Å². The molecule has 0 aliphatic carbocycles. The van der Waals surface area contributed by atoms with E-state index < -0.39 is 61.0 Å². The molecule has 2 N–H and O–H groups in total. The van der Waals surface area contributed by atoms with Crippen LogP contribution in [0.5, 0.6) is 0 Å². The summed E-state index contributed by atoms with van der Waals surface area (Å²) in [7, 11) is -5.41. The van der Waals surface area contributed by atoms with Crippen molar-refractivity contribution in [2.75, 3.05) is 19.8 Å². The summed E-state index contributed by atoms with van der Waals surface area (Å²) in [5.41, 5.74) is 0. The number of unbranched alkanes of at least 4 members (excludes halogenated alkanes) is 20. The van der Waals surface area contributed by atoms with Gasteiger partial charge in [-0.3, -0.25) is 14.4 Å². The second-order valence-electron chi connectivity index (χ2n) is 14.0. The highest BCUT2D eigenvalue weighted by Gasteiger charge is 2.42. The Hall–Kier alpha value is -1.60. The first-order valence-corrected chi connectivity index (χ1v) is 23.3. The predicted molar refractivity (Wildman–Crippen MR) is 219 cm³/mol. The topological polar surface area (TPSA) is 175 Å². The number of carbonyl (C=O) groups is 4. The van der Waals surface area contributed by atoms with Crippen LogP contribution >= 0.6 is 42.5 Å². The quantitative estimate of drug-likeness (QED) is 0.0116. The lowest BCUT2D eigenvalue weighted by Crippen LogP contribution is -2.40. The summed E-state index contributed by atoms with van der Waals surface area (Å²) < 4.78 is 30.7. The van der Waals surface area contributed by atoms with E-state index in [2.05, 4.69) is 13.5 Å². The van der Waals surface area contributed by atoms with E-state index in [9.17, 15) is 33.5 Å². The van der Waals surface area contributed by atoms with Crippen molar-refractivity contribution >= 4 is 66.6 Å².